The van der Waals surface area contributed by atoms with E-state index in [0.717, 1.165) is 38.8 Å². The predicted octanol–water partition coefficient (Wildman–Crippen LogP) is 10.2. The van der Waals surface area contributed by atoms with Gasteiger partial charge in [-0.3, -0.25) is 14.6 Å². The Morgan fingerprint density at radius 3 is 1.31 bits per heavy atom. The molecule has 2 amide bonds. The average molecular weight is 764 g/mol. The van der Waals surface area contributed by atoms with E-state index >= 15 is 0 Å². The number of unbranched alkanes of at least 4 members (excludes halogenated alkanes) is 25. The lowest BCUT2D eigenvalue weighted by Gasteiger charge is -2.26. The summed E-state index contributed by atoms with van der Waals surface area (Å²) in [5.74, 6) is -0.359. The summed E-state index contributed by atoms with van der Waals surface area (Å²) in [5, 5.41) is 2.78. The summed E-state index contributed by atoms with van der Waals surface area (Å²) in [6.45, 7) is 10.5. The molecule has 0 aromatic rings. The maximum Gasteiger partial charge on any atom is 0.241 e. The van der Waals surface area contributed by atoms with Crippen molar-refractivity contribution in [3.63, 3.8) is 0 Å². The molecule has 0 aromatic carbocycles. The number of hydrogen-bond donors (Lipinski definition) is 5. The minimum Gasteiger partial charge on any atom is -0.370 e. The molecule has 0 aliphatic heterocycles. The monoisotopic (exact) mass is 764 g/mol. The molecule has 0 rings (SSSR count). The number of guanidine groups is 1. The van der Waals surface area contributed by atoms with E-state index in [1.54, 1.807) is 0 Å². The first kappa shape index (κ1) is 54.0. The molecular formula is C45H93N7O2. The molecule has 54 heavy (non-hydrogen) atoms. The van der Waals surface area contributed by atoms with Gasteiger partial charge in [0, 0.05) is 26.2 Å². The topological polar surface area (TPSA) is 166 Å². The molecular weight excluding hydrogens is 671 g/mol. The van der Waals surface area contributed by atoms with Crippen LogP contribution < -0.4 is 28.3 Å². The van der Waals surface area contributed by atoms with Crippen molar-refractivity contribution >= 4 is 17.8 Å². The highest BCUT2D eigenvalue weighted by Gasteiger charge is 2.22. The second-order valence-electron chi connectivity index (χ2n) is 15.3. The summed E-state index contributed by atoms with van der Waals surface area (Å²) in [6.07, 6.45) is 41.8. The van der Waals surface area contributed by atoms with E-state index in [2.05, 4.69) is 36.3 Å². The van der Waals surface area contributed by atoms with Gasteiger partial charge < -0.3 is 33.2 Å². The standard InChI is InChI=1S/C43H87N7O2.C2H6/c1-3-5-7-9-11-13-15-17-19-20-22-24-26-28-30-32-37-50(36-31-29-27-25-23-21-18-16-14-12-10-8-6-4-2)42(52)40(45)38-49-41(51)39(44)34-33-35-48-43(46)47;1-2/h17,19,39-40H,3-16,18,20-38,44-45H2,1-2H3,(H,49,51)(H4,46,47,48);1-2H3/b19-17-;/t39-,40-;/m0./s1. The van der Waals surface area contributed by atoms with E-state index in [1.165, 1.54) is 154 Å². The third kappa shape index (κ3) is 38.2. The molecule has 0 unspecified atom stereocenters. The molecule has 9 nitrogen and oxygen atoms in total. The van der Waals surface area contributed by atoms with Crippen LogP contribution in [0.3, 0.4) is 0 Å². The summed E-state index contributed by atoms with van der Waals surface area (Å²) >= 11 is 0. The maximum atomic E-state index is 13.4. The Kier molecular flexibility index (Phi) is 43.6. The fraction of sp³-hybridized carbons (Fsp3) is 0.889. The van der Waals surface area contributed by atoms with Gasteiger partial charge in [-0.25, -0.2) is 0 Å². The van der Waals surface area contributed by atoms with E-state index in [4.69, 9.17) is 22.9 Å². The van der Waals surface area contributed by atoms with Gasteiger partial charge in [0.05, 0.1) is 6.04 Å². The van der Waals surface area contributed by atoms with Crippen molar-refractivity contribution in [2.45, 2.75) is 232 Å². The number of carbonyl (C=O) groups excluding carboxylic acids is 2. The molecule has 0 saturated carbocycles. The molecule has 320 valence electrons. The van der Waals surface area contributed by atoms with Crippen LogP contribution in [0.4, 0.5) is 0 Å². The summed E-state index contributed by atoms with van der Waals surface area (Å²) in [5.41, 5.74) is 23.1. The first-order valence-corrected chi connectivity index (χ1v) is 23.1. The van der Waals surface area contributed by atoms with Crippen molar-refractivity contribution in [2.24, 2.45) is 27.9 Å². The summed E-state index contributed by atoms with van der Waals surface area (Å²) < 4.78 is 0. The molecule has 9 N–H and O–H groups in total. The molecule has 0 aliphatic carbocycles. The third-order valence-electron chi connectivity index (χ3n) is 10.2. The lowest BCUT2D eigenvalue weighted by molar-refractivity contribution is -0.133. The molecule has 0 radical (unpaired) electrons. The number of amides is 2. The van der Waals surface area contributed by atoms with Crippen LogP contribution in [0.5, 0.6) is 0 Å². The molecule has 0 aliphatic rings. The van der Waals surface area contributed by atoms with Crippen LogP contribution in [-0.2, 0) is 9.59 Å². The first-order valence-electron chi connectivity index (χ1n) is 23.1. The van der Waals surface area contributed by atoms with Gasteiger partial charge in [0.25, 0.3) is 0 Å². The van der Waals surface area contributed by atoms with E-state index < -0.39 is 12.1 Å². The van der Waals surface area contributed by atoms with Gasteiger partial charge in [0.2, 0.25) is 11.8 Å². The van der Waals surface area contributed by atoms with Gasteiger partial charge in [0.1, 0.15) is 6.04 Å². The Balaban J connectivity index is 0. The van der Waals surface area contributed by atoms with Crippen LogP contribution in [-0.4, -0.2) is 60.9 Å². The van der Waals surface area contributed by atoms with Gasteiger partial charge in [0.15, 0.2) is 5.96 Å². The molecule has 0 saturated heterocycles. The number of aliphatic imine (C=N–C) groups is 1. The molecule has 0 heterocycles. The maximum absolute atomic E-state index is 13.4. The van der Waals surface area contributed by atoms with Crippen molar-refractivity contribution in [3.8, 4) is 0 Å². The van der Waals surface area contributed by atoms with Crippen molar-refractivity contribution in [1.82, 2.24) is 10.2 Å². The lowest BCUT2D eigenvalue weighted by Crippen LogP contribution is -2.52. The van der Waals surface area contributed by atoms with Crippen LogP contribution in [0.15, 0.2) is 17.1 Å². The zero-order valence-corrected chi connectivity index (χ0v) is 36.4. The number of rotatable bonds is 39. The first-order chi connectivity index (χ1) is 26.3. The van der Waals surface area contributed by atoms with Crippen LogP contribution in [0, 0.1) is 0 Å². The van der Waals surface area contributed by atoms with Crippen LogP contribution in [0.1, 0.15) is 220 Å². The Hall–Kier alpha value is -2.13. The average Bonchev–Trinajstić information content (AvgIpc) is 3.17. The van der Waals surface area contributed by atoms with Crippen molar-refractivity contribution in [1.29, 1.82) is 0 Å². The second kappa shape index (κ2) is 43.6. The van der Waals surface area contributed by atoms with Gasteiger partial charge in [-0.1, -0.05) is 181 Å². The minimum atomic E-state index is -0.779. The largest absolute Gasteiger partial charge is 0.370 e. The molecule has 0 fully saturated rings. The Morgan fingerprint density at radius 1 is 0.556 bits per heavy atom. The quantitative estimate of drug-likeness (QED) is 0.0181. The number of allylic oxidation sites excluding steroid dienone is 2. The molecule has 0 spiro atoms. The second-order valence-corrected chi connectivity index (χ2v) is 15.3. The van der Waals surface area contributed by atoms with Crippen LogP contribution in [0.2, 0.25) is 0 Å². The van der Waals surface area contributed by atoms with Crippen molar-refractivity contribution in [3.05, 3.63) is 12.2 Å². The fourth-order valence-corrected chi connectivity index (χ4v) is 6.69. The lowest BCUT2D eigenvalue weighted by atomic mass is 10.0. The number of nitrogens with two attached hydrogens (primary N) is 4. The Labute approximate surface area is 335 Å². The molecule has 0 bridgehead atoms. The predicted molar refractivity (Wildman–Crippen MR) is 237 cm³/mol. The van der Waals surface area contributed by atoms with Gasteiger partial charge in [-0.15, -0.1) is 0 Å². The summed E-state index contributed by atoms with van der Waals surface area (Å²) in [7, 11) is 0. The number of carbonyl (C=O) groups is 2. The van der Waals surface area contributed by atoms with Crippen LogP contribution >= 0.6 is 0 Å². The van der Waals surface area contributed by atoms with Gasteiger partial charge in [-0.2, -0.15) is 0 Å². The number of nitrogens with one attached hydrogen (secondary N) is 1. The Morgan fingerprint density at radius 2 is 0.926 bits per heavy atom. The van der Waals surface area contributed by atoms with E-state index in [1.807, 2.05) is 18.7 Å². The Bertz CT molecular complexity index is 863. The fourth-order valence-electron chi connectivity index (χ4n) is 6.69. The van der Waals surface area contributed by atoms with Crippen LogP contribution in [0.25, 0.3) is 0 Å². The molecule has 9 heteroatoms. The minimum absolute atomic E-state index is 0.0263. The third-order valence-corrected chi connectivity index (χ3v) is 10.2. The van der Waals surface area contributed by atoms with E-state index in [0.29, 0.717) is 19.4 Å². The normalized spacial score (nSPS) is 12.3. The number of hydrogen-bond acceptors (Lipinski definition) is 5. The molecule has 0 aromatic heterocycles. The number of nitrogens with zero attached hydrogens (tertiary/aromatic N) is 2. The van der Waals surface area contributed by atoms with E-state index in [-0.39, 0.29) is 24.3 Å². The van der Waals surface area contributed by atoms with Gasteiger partial charge in [-0.05, 0) is 51.4 Å². The SMILES string of the molecule is CC.CCCCCCCC/C=C\CCCCCCCCN(CCCCCCCCCCCCCCCC)C(=O)[C@@H](N)CNC(=O)[C@@H](N)CCCN=C(N)N. The molecule has 2 atom stereocenters. The van der Waals surface area contributed by atoms with E-state index in [9.17, 15) is 9.59 Å². The summed E-state index contributed by atoms with van der Waals surface area (Å²) in [6, 6.07) is -1.47. The van der Waals surface area contributed by atoms with Crippen molar-refractivity contribution in [2.75, 3.05) is 26.2 Å². The smallest absolute Gasteiger partial charge is 0.241 e. The summed E-state index contributed by atoms with van der Waals surface area (Å²) in [4.78, 5) is 31.8. The highest BCUT2D eigenvalue weighted by atomic mass is 16.2. The highest BCUT2D eigenvalue weighted by Crippen LogP contribution is 2.14. The van der Waals surface area contributed by atoms with Crippen molar-refractivity contribution < 1.29 is 9.59 Å². The zero-order valence-electron chi connectivity index (χ0n) is 36.4. The highest BCUT2D eigenvalue weighted by molar-refractivity contribution is 5.85. The van der Waals surface area contributed by atoms with Gasteiger partial charge >= 0.3 is 0 Å². The zero-order chi connectivity index (χ0) is 40.3.